The molecule has 0 saturated heterocycles. The number of rotatable bonds is 2. The van der Waals surface area contributed by atoms with Crippen molar-refractivity contribution in [3.63, 3.8) is 0 Å². The van der Waals surface area contributed by atoms with Crippen molar-refractivity contribution < 1.29 is 14.6 Å². The third kappa shape index (κ3) is 5.55. The van der Waals surface area contributed by atoms with Gasteiger partial charge in [0.05, 0.1) is 6.20 Å². The van der Waals surface area contributed by atoms with Crippen molar-refractivity contribution in [1.29, 1.82) is 5.26 Å². The lowest BCUT2D eigenvalue weighted by Crippen LogP contribution is -1.93. The van der Waals surface area contributed by atoms with Gasteiger partial charge in [-0.2, -0.15) is 5.26 Å². The first-order valence-corrected chi connectivity index (χ1v) is 3.73. The van der Waals surface area contributed by atoms with Crippen LogP contribution < -0.4 is 4.74 Å². The van der Waals surface area contributed by atoms with Crippen molar-refractivity contribution in [2.45, 2.75) is 6.92 Å². The molecular formula is C9H10N2O3. The number of nitriles is 1. The van der Waals surface area contributed by atoms with E-state index in [-0.39, 0.29) is 13.1 Å². The Labute approximate surface area is 81.6 Å². The van der Waals surface area contributed by atoms with Crippen LogP contribution in [0.5, 0.6) is 5.75 Å². The summed E-state index contributed by atoms with van der Waals surface area (Å²) in [5.41, 5.74) is 1.03. The highest BCUT2D eigenvalue weighted by atomic mass is 16.5. The third-order valence-electron chi connectivity index (χ3n) is 1.15. The first kappa shape index (κ1) is 11.9. The van der Waals surface area contributed by atoms with Crippen LogP contribution in [0.15, 0.2) is 18.5 Å². The molecular weight excluding hydrogens is 184 g/mol. The van der Waals surface area contributed by atoms with Crippen LogP contribution in [0.3, 0.4) is 0 Å². The van der Waals surface area contributed by atoms with E-state index in [2.05, 4.69) is 4.98 Å². The average molecular weight is 194 g/mol. The van der Waals surface area contributed by atoms with E-state index >= 15 is 0 Å². The number of hydrogen-bond donors (Lipinski definition) is 1. The molecule has 1 aromatic rings. The van der Waals surface area contributed by atoms with Gasteiger partial charge in [0, 0.05) is 6.20 Å². The highest BCUT2D eigenvalue weighted by Crippen LogP contribution is 2.09. The van der Waals surface area contributed by atoms with Gasteiger partial charge in [-0.3, -0.25) is 9.78 Å². The van der Waals surface area contributed by atoms with Crippen LogP contribution in [-0.2, 0) is 4.79 Å². The molecule has 74 valence electrons. The summed E-state index contributed by atoms with van der Waals surface area (Å²) in [5, 5.41) is 15.1. The molecule has 0 saturated carbocycles. The largest absolute Gasteiger partial charge is 0.483 e. The molecule has 0 atom stereocenters. The summed E-state index contributed by atoms with van der Waals surface area (Å²) in [7, 11) is 0. The summed E-state index contributed by atoms with van der Waals surface area (Å²) in [6.45, 7) is 1.75. The number of aromatic nitrogens is 1. The summed E-state index contributed by atoms with van der Waals surface area (Å²) in [5.74, 6) is 0.645. The summed E-state index contributed by atoms with van der Waals surface area (Å²) < 4.78 is 5.01. The number of pyridine rings is 1. The van der Waals surface area contributed by atoms with Crippen molar-refractivity contribution in [2.24, 2.45) is 0 Å². The third-order valence-corrected chi connectivity index (χ3v) is 1.15. The van der Waals surface area contributed by atoms with Gasteiger partial charge in [-0.25, -0.2) is 0 Å². The highest BCUT2D eigenvalue weighted by molar-refractivity contribution is 5.32. The molecule has 0 aromatic carbocycles. The fourth-order valence-electron chi connectivity index (χ4n) is 0.722. The molecule has 0 spiro atoms. The number of nitrogens with zero attached hydrogens (tertiary/aromatic N) is 2. The average Bonchev–Trinajstić information content (AvgIpc) is 2.16. The monoisotopic (exact) mass is 194 g/mol. The van der Waals surface area contributed by atoms with E-state index in [1.54, 1.807) is 12.4 Å². The van der Waals surface area contributed by atoms with Crippen LogP contribution >= 0.6 is 0 Å². The Bertz CT molecular complexity index is 320. The Balaban J connectivity index is 0.000000500. The fraction of sp³-hybridized carbons (Fsp3) is 0.222. The van der Waals surface area contributed by atoms with Gasteiger partial charge in [-0.15, -0.1) is 0 Å². The standard InChI is InChI=1S/C8H8N2O.CH2O2/c1-7-4-8(6-10-5-7)11-3-2-9;2-1-3/h4-6H,3H2,1H3;1H,(H,2,3). The Morgan fingerprint density at radius 1 is 1.71 bits per heavy atom. The number of ether oxygens (including phenoxy) is 1. The maximum absolute atomic E-state index is 8.36. The first-order valence-electron chi connectivity index (χ1n) is 3.73. The van der Waals surface area contributed by atoms with Gasteiger partial charge in [-0.1, -0.05) is 0 Å². The summed E-state index contributed by atoms with van der Waals surface area (Å²) >= 11 is 0. The number of hydrogen-bond acceptors (Lipinski definition) is 4. The molecule has 1 heterocycles. The maximum Gasteiger partial charge on any atom is 0.290 e. The number of carboxylic acid groups (broad SMARTS) is 1. The minimum atomic E-state index is -0.250. The maximum atomic E-state index is 8.36. The second-order valence-electron chi connectivity index (χ2n) is 2.25. The van der Waals surface area contributed by atoms with Crippen LogP contribution in [0.4, 0.5) is 0 Å². The molecule has 14 heavy (non-hydrogen) atoms. The Morgan fingerprint density at radius 3 is 2.86 bits per heavy atom. The molecule has 0 radical (unpaired) electrons. The highest BCUT2D eigenvalue weighted by Gasteiger charge is 1.91. The van der Waals surface area contributed by atoms with E-state index in [1.807, 2.05) is 19.1 Å². The van der Waals surface area contributed by atoms with E-state index in [1.165, 1.54) is 0 Å². The molecule has 1 rings (SSSR count). The second kappa shape index (κ2) is 7.55. The lowest BCUT2D eigenvalue weighted by molar-refractivity contribution is -0.122. The normalized spacial score (nSPS) is 7.71. The van der Waals surface area contributed by atoms with E-state index in [0.29, 0.717) is 5.75 Å². The smallest absolute Gasteiger partial charge is 0.290 e. The Kier molecular flexibility index (Phi) is 6.43. The van der Waals surface area contributed by atoms with E-state index in [4.69, 9.17) is 19.9 Å². The van der Waals surface area contributed by atoms with Crippen molar-refractivity contribution in [1.82, 2.24) is 4.98 Å². The van der Waals surface area contributed by atoms with Gasteiger partial charge in [0.1, 0.15) is 11.8 Å². The lowest BCUT2D eigenvalue weighted by Gasteiger charge is -1.99. The molecule has 0 amide bonds. The second-order valence-corrected chi connectivity index (χ2v) is 2.25. The van der Waals surface area contributed by atoms with Gasteiger partial charge >= 0.3 is 0 Å². The zero-order chi connectivity index (χ0) is 10.8. The predicted octanol–water partition coefficient (Wildman–Crippen LogP) is 0.993. The Morgan fingerprint density at radius 2 is 2.36 bits per heavy atom. The molecule has 1 aromatic heterocycles. The molecule has 5 heteroatoms. The molecule has 5 nitrogen and oxygen atoms in total. The van der Waals surface area contributed by atoms with Crippen LogP contribution in [0.1, 0.15) is 5.56 Å². The van der Waals surface area contributed by atoms with Crippen molar-refractivity contribution >= 4 is 6.47 Å². The minimum Gasteiger partial charge on any atom is -0.483 e. The molecule has 0 unspecified atom stereocenters. The zero-order valence-electron chi connectivity index (χ0n) is 7.67. The van der Waals surface area contributed by atoms with Gasteiger partial charge in [0.15, 0.2) is 6.61 Å². The molecule has 0 bridgehead atoms. The topological polar surface area (TPSA) is 83.2 Å². The molecule has 0 aliphatic carbocycles. The minimum absolute atomic E-state index is 0.0745. The van der Waals surface area contributed by atoms with Crippen molar-refractivity contribution in [3.8, 4) is 11.8 Å². The Hall–Kier alpha value is -2.09. The predicted molar refractivity (Wildman–Crippen MR) is 48.8 cm³/mol. The fourth-order valence-corrected chi connectivity index (χ4v) is 0.722. The first-order chi connectivity index (χ1) is 6.74. The van der Waals surface area contributed by atoms with E-state index < -0.39 is 0 Å². The number of aryl methyl sites for hydroxylation is 1. The van der Waals surface area contributed by atoms with Gasteiger partial charge in [-0.05, 0) is 18.6 Å². The van der Waals surface area contributed by atoms with E-state index in [0.717, 1.165) is 5.56 Å². The zero-order valence-corrected chi connectivity index (χ0v) is 7.67. The molecule has 0 fully saturated rings. The van der Waals surface area contributed by atoms with Crippen LogP contribution in [0.25, 0.3) is 0 Å². The van der Waals surface area contributed by atoms with Crippen LogP contribution in [-0.4, -0.2) is 23.2 Å². The summed E-state index contributed by atoms with van der Waals surface area (Å²) in [6.07, 6.45) is 3.32. The van der Waals surface area contributed by atoms with Gasteiger partial charge in [0.25, 0.3) is 6.47 Å². The van der Waals surface area contributed by atoms with Crippen molar-refractivity contribution in [2.75, 3.05) is 6.61 Å². The molecule has 1 N–H and O–H groups in total. The van der Waals surface area contributed by atoms with Gasteiger partial charge < -0.3 is 9.84 Å². The summed E-state index contributed by atoms with van der Waals surface area (Å²) in [6, 6.07) is 3.72. The quantitative estimate of drug-likeness (QED) is 0.710. The van der Waals surface area contributed by atoms with Gasteiger partial charge in [0.2, 0.25) is 0 Å². The van der Waals surface area contributed by atoms with Crippen LogP contribution in [0, 0.1) is 18.3 Å². The number of carbonyl (C=O) groups is 1. The summed E-state index contributed by atoms with van der Waals surface area (Å²) in [4.78, 5) is 12.3. The van der Waals surface area contributed by atoms with Crippen molar-refractivity contribution in [3.05, 3.63) is 24.0 Å². The SMILES string of the molecule is Cc1cncc(OCC#N)c1.O=CO. The molecule has 0 aliphatic heterocycles. The molecule has 0 aliphatic rings. The van der Waals surface area contributed by atoms with Crippen LogP contribution in [0.2, 0.25) is 0 Å². The van der Waals surface area contributed by atoms with E-state index in [9.17, 15) is 0 Å². The lowest BCUT2D eigenvalue weighted by atomic mass is 10.3.